The zero-order valence-electron chi connectivity index (χ0n) is 6.67. The Morgan fingerprint density at radius 1 is 1.30 bits per heavy atom. The standard InChI is InChI=1S/C8H15O2/c1-4-5-6-7-8(9-2)10-3/h4,7-8H,1,5-6H2,2-3H3. The third-order valence-corrected chi connectivity index (χ3v) is 1.19. The van der Waals surface area contributed by atoms with Crippen LogP contribution in [0.3, 0.4) is 0 Å². The molecule has 2 nitrogen and oxygen atoms in total. The quantitative estimate of drug-likeness (QED) is 0.320. The Kier molecular flexibility index (Phi) is 6.55. The minimum Gasteiger partial charge on any atom is -0.356 e. The second-order valence-electron chi connectivity index (χ2n) is 1.94. The second kappa shape index (κ2) is 6.78. The van der Waals surface area contributed by atoms with Crippen LogP contribution in [0.15, 0.2) is 12.7 Å². The summed E-state index contributed by atoms with van der Waals surface area (Å²) in [7, 11) is 3.25. The number of allylic oxidation sites excluding steroid dienone is 1. The van der Waals surface area contributed by atoms with Gasteiger partial charge in [0.2, 0.25) is 0 Å². The van der Waals surface area contributed by atoms with E-state index in [2.05, 4.69) is 6.58 Å². The lowest BCUT2D eigenvalue weighted by molar-refractivity contribution is -0.0796. The van der Waals surface area contributed by atoms with E-state index < -0.39 is 0 Å². The van der Waals surface area contributed by atoms with Crippen LogP contribution in [0.1, 0.15) is 12.8 Å². The van der Waals surface area contributed by atoms with Crippen molar-refractivity contribution in [3.05, 3.63) is 19.1 Å². The molecule has 0 heterocycles. The van der Waals surface area contributed by atoms with Crippen LogP contribution in [0, 0.1) is 6.42 Å². The van der Waals surface area contributed by atoms with Gasteiger partial charge < -0.3 is 9.47 Å². The van der Waals surface area contributed by atoms with Gasteiger partial charge in [0.05, 0.1) is 0 Å². The van der Waals surface area contributed by atoms with Crippen LogP contribution >= 0.6 is 0 Å². The summed E-state index contributed by atoms with van der Waals surface area (Å²) < 4.78 is 9.87. The lowest BCUT2D eigenvalue weighted by Crippen LogP contribution is -2.12. The summed E-state index contributed by atoms with van der Waals surface area (Å²) in [5.74, 6) is 0. The molecule has 1 radical (unpaired) electrons. The summed E-state index contributed by atoms with van der Waals surface area (Å²) in [6, 6.07) is 0. The molecular formula is C8H15O2. The van der Waals surface area contributed by atoms with Gasteiger partial charge in [-0.2, -0.15) is 0 Å². The highest BCUT2D eigenvalue weighted by Gasteiger charge is 2.02. The fourth-order valence-electron chi connectivity index (χ4n) is 0.639. The van der Waals surface area contributed by atoms with Crippen LogP contribution in [0.5, 0.6) is 0 Å². The maximum absolute atomic E-state index is 4.93. The SMILES string of the molecule is C=CCC[CH]C(OC)OC. The van der Waals surface area contributed by atoms with Gasteiger partial charge in [-0.15, -0.1) is 6.58 Å². The van der Waals surface area contributed by atoms with Gasteiger partial charge in [-0.05, 0) is 12.8 Å². The zero-order chi connectivity index (χ0) is 7.82. The molecule has 0 aromatic heterocycles. The van der Waals surface area contributed by atoms with Gasteiger partial charge in [-0.3, -0.25) is 0 Å². The Morgan fingerprint density at radius 2 is 1.90 bits per heavy atom. The van der Waals surface area contributed by atoms with Gasteiger partial charge in [-0.1, -0.05) is 6.08 Å². The van der Waals surface area contributed by atoms with Gasteiger partial charge in [-0.25, -0.2) is 0 Å². The van der Waals surface area contributed by atoms with Crippen molar-refractivity contribution in [3.8, 4) is 0 Å². The van der Waals surface area contributed by atoms with Crippen molar-refractivity contribution in [2.24, 2.45) is 0 Å². The Balaban J connectivity index is 3.16. The third kappa shape index (κ3) is 4.53. The van der Waals surface area contributed by atoms with E-state index in [1.54, 1.807) is 14.2 Å². The molecule has 59 valence electrons. The molecule has 0 fully saturated rings. The van der Waals surface area contributed by atoms with Crippen LogP contribution in [-0.4, -0.2) is 20.5 Å². The minimum atomic E-state index is -0.167. The number of methoxy groups -OCH3 is 2. The topological polar surface area (TPSA) is 18.5 Å². The van der Waals surface area contributed by atoms with E-state index in [9.17, 15) is 0 Å². The van der Waals surface area contributed by atoms with Crippen LogP contribution in [-0.2, 0) is 9.47 Å². The number of hydrogen-bond acceptors (Lipinski definition) is 2. The molecule has 0 unspecified atom stereocenters. The molecule has 0 bridgehead atoms. The third-order valence-electron chi connectivity index (χ3n) is 1.19. The minimum absolute atomic E-state index is 0.167. The van der Waals surface area contributed by atoms with Crippen molar-refractivity contribution in [1.82, 2.24) is 0 Å². The van der Waals surface area contributed by atoms with Crippen molar-refractivity contribution in [2.45, 2.75) is 19.1 Å². The Morgan fingerprint density at radius 3 is 2.30 bits per heavy atom. The van der Waals surface area contributed by atoms with E-state index in [4.69, 9.17) is 9.47 Å². The molecule has 0 aromatic rings. The molecule has 0 aliphatic carbocycles. The van der Waals surface area contributed by atoms with E-state index in [0.717, 1.165) is 12.8 Å². The summed E-state index contributed by atoms with van der Waals surface area (Å²) in [5.41, 5.74) is 0. The average molecular weight is 143 g/mol. The van der Waals surface area contributed by atoms with Crippen LogP contribution in [0.4, 0.5) is 0 Å². The zero-order valence-corrected chi connectivity index (χ0v) is 6.67. The van der Waals surface area contributed by atoms with E-state index in [1.165, 1.54) is 0 Å². The normalized spacial score (nSPS) is 10.3. The lowest BCUT2D eigenvalue weighted by Gasteiger charge is -2.11. The summed E-state index contributed by atoms with van der Waals surface area (Å²) in [5, 5.41) is 0. The van der Waals surface area contributed by atoms with Crippen molar-refractivity contribution in [3.63, 3.8) is 0 Å². The van der Waals surface area contributed by atoms with Crippen molar-refractivity contribution in [2.75, 3.05) is 14.2 Å². The highest BCUT2D eigenvalue weighted by molar-refractivity contribution is 4.75. The van der Waals surface area contributed by atoms with Gasteiger partial charge in [0.15, 0.2) is 6.29 Å². The van der Waals surface area contributed by atoms with Gasteiger partial charge >= 0.3 is 0 Å². The number of hydrogen-bond donors (Lipinski definition) is 0. The Bertz CT molecular complexity index is 77.3. The van der Waals surface area contributed by atoms with Crippen molar-refractivity contribution < 1.29 is 9.47 Å². The maximum Gasteiger partial charge on any atom is 0.160 e. The molecule has 0 saturated carbocycles. The molecule has 0 spiro atoms. The lowest BCUT2D eigenvalue weighted by atomic mass is 10.2. The van der Waals surface area contributed by atoms with E-state index >= 15 is 0 Å². The van der Waals surface area contributed by atoms with Crippen LogP contribution in [0.2, 0.25) is 0 Å². The maximum atomic E-state index is 4.93. The molecule has 10 heavy (non-hydrogen) atoms. The number of unbranched alkanes of at least 4 members (excludes halogenated alkanes) is 1. The number of ether oxygens (including phenoxy) is 2. The highest BCUT2D eigenvalue weighted by atomic mass is 16.7. The molecule has 0 amide bonds. The van der Waals surface area contributed by atoms with E-state index in [-0.39, 0.29) is 6.29 Å². The fraction of sp³-hybridized carbons (Fsp3) is 0.625. The summed E-state index contributed by atoms with van der Waals surface area (Å²) in [6.07, 6.45) is 5.61. The van der Waals surface area contributed by atoms with Crippen molar-refractivity contribution >= 4 is 0 Å². The predicted octanol–water partition coefficient (Wildman–Crippen LogP) is 1.78. The average Bonchev–Trinajstić information content (AvgIpc) is 1.99. The molecule has 0 aromatic carbocycles. The fourth-order valence-corrected chi connectivity index (χ4v) is 0.639. The molecular weight excluding hydrogens is 128 g/mol. The highest BCUT2D eigenvalue weighted by Crippen LogP contribution is 2.02. The van der Waals surface area contributed by atoms with Gasteiger partial charge in [0, 0.05) is 20.6 Å². The number of rotatable bonds is 6. The first-order valence-electron chi connectivity index (χ1n) is 3.35. The van der Waals surface area contributed by atoms with Gasteiger partial charge in [0.1, 0.15) is 0 Å². The largest absolute Gasteiger partial charge is 0.356 e. The van der Waals surface area contributed by atoms with Gasteiger partial charge in [0.25, 0.3) is 0 Å². The Hall–Kier alpha value is -0.340. The van der Waals surface area contributed by atoms with Crippen molar-refractivity contribution in [1.29, 1.82) is 0 Å². The molecule has 0 saturated heterocycles. The first-order valence-corrected chi connectivity index (χ1v) is 3.35. The molecule has 0 rings (SSSR count). The molecule has 0 atom stereocenters. The van der Waals surface area contributed by atoms with E-state index in [0.29, 0.717) is 0 Å². The molecule has 2 heteroatoms. The Labute approximate surface area is 62.8 Å². The molecule has 0 N–H and O–H groups in total. The summed E-state index contributed by atoms with van der Waals surface area (Å²) >= 11 is 0. The first kappa shape index (κ1) is 9.66. The molecule has 0 aliphatic rings. The first-order chi connectivity index (χ1) is 4.85. The van der Waals surface area contributed by atoms with E-state index in [1.807, 2.05) is 12.5 Å². The molecule has 0 aliphatic heterocycles. The van der Waals surface area contributed by atoms with Crippen LogP contribution < -0.4 is 0 Å². The second-order valence-corrected chi connectivity index (χ2v) is 1.94. The smallest absolute Gasteiger partial charge is 0.160 e. The van der Waals surface area contributed by atoms with Crippen LogP contribution in [0.25, 0.3) is 0 Å². The predicted molar refractivity (Wildman–Crippen MR) is 41.5 cm³/mol. The summed E-state index contributed by atoms with van der Waals surface area (Å²) in [4.78, 5) is 0. The monoisotopic (exact) mass is 143 g/mol. The summed E-state index contributed by atoms with van der Waals surface area (Å²) in [6.45, 7) is 3.61.